The summed E-state index contributed by atoms with van der Waals surface area (Å²) < 4.78 is 0. The molecule has 2 N–H and O–H groups in total. The first kappa shape index (κ1) is 9.44. The lowest BCUT2D eigenvalue weighted by molar-refractivity contribution is 0.977. The second kappa shape index (κ2) is 3.95. The van der Waals surface area contributed by atoms with Crippen LogP contribution in [0.4, 0.5) is 0 Å². The zero-order chi connectivity index (χ0) is 9.97. The number of aromatic nitrogens is 1. The Balaban J connectivity index is 2.69. The Labute approximate surface area is 87.7 Å². The van der Waals surface area contributed by atoms with E-state index in [0.717, 1.165) is 27.8 Å². The highest BCUT2D eigenvalue weighted by Crippen LogP contribution is 2.25. The van der Waals surface area contributed by atoms with Gasteiger partial charge in [-0.25, -0.2) is 0 Å². The van der Waals surface area contributed by atoms with Gasteiger partial charge in [0.05, 0.1) is 0 Å². The van der Waals surface area contributed by atoms with Crippen molar-refractivity contribution in [1.82, 2.24) is 4.98 Å². The molecule has 2 rings (SSSR count). The van der Waals surface area contributed by atoms with Gasteiger partial charge in [0.1, 0.15) is 0 Å². The smallest absolute Gasteiger partial charge is 0.0444 e. The zero-order valence-corrected chi connectivity index (χ0v) is 8.46. The van der Waals surface area contributed by atoms with Gasteiger partial charge in [-0.15, -0.1) is 0 Å². The van der Waals surface area contributed by atoms with Gasteiger partial charge in [0.2, 0.25) is 0 Å². The van der Waals surface area contributed by atoms with Crippen LogP contribution in [0.2, 0.25) is 5.02 Å². The largest absolute Gasteiger partial charge is 0.330 e. The van der Waals surface area contributed by atoms with Gasteiger partial charge in [0, 0.05) is 22.8 Å². The van der Waals surface area contributed by atoms with Crippen molar-refractivity contribution >= 4 is 22.4 Å². The first-order valence-electron chi connectivity index (χ1n) is 4.54. The van der Waals surface area contributed by atoms with E-state index >= 15 is 0 Å². The second-order valence-corrected chi connectivity index (χ2v) is 3.57. The van der Waals surface area contributed by atoms with E-state index in [1.54, 1.807) is 6.20 Å². The summed E-state index contributed by atoms with van der Waals surface area (Å²) in [5, 5.41) is 3.05. The van der Waals surface area contributed by atoms with Crippen LogP contribution >= 0.6 is 11.6 Å². The Morgan fingerprint density at radius 2 is 2.14 bits per heavy atom. The number of pyridine rings is 1. The van der Waals surface area contributed by atoms with Gasteiger partial charge in [-0.1, -0.05) is 17.7 Å². The molecule has 1 aromatic carbocycles. The van der Waals surface area contributed by atoms with Crippen LogP contribution in [0.1, 0.15) is 5.56 Å². The lowest BCUT2D eigenvalue weighted by atomic mass is 10.0. The summed E-state index contributed by atoms with van der Waals surface area (Å²) in [6, 6.07) is 5.85. The standard InChI is InChI=1S/C11H11ClN2/c12-11-2-1-8-7-14-6-4-9(8)10(11)3-5-13/h1-2,4,6-7H,3,5,13H2. The van der Waals surface area contributed by atoms with Crippen LogP contribution in [0.5, 0.6) is 0 Å². The highest BCUT2D eigenvalue weighted by molar-refractivity contribution is 6.32. The van der Waals surface area contributed by atoms with Crippen LogP contribution in [0, 0.1) is 0 Å². The highest BCUT2D eigenvalue weighted by atomic mass is 35.5. The van der Waals surface area contributed by atoms with Crippen molar-refractivity contribution in [2.75, 3.05) is 6.54 Å². The van der Waals surface area contributed by atoms with Gasteiger partial charge in [-0.05, 0) is 36.0 Å². The van der Waals surface area contributed by atoms with Gasteiger partial charge < -0.3 is 5.73 Å². The van der Waals surface area contributed by atoms with Crippen molar-refractivity contribution in [2.24, 2.45) is 5.73 Å². The maximum atomic E-state index is 6.11. The Morgan fingerprint density at radius 3 is 2.93 bits per heavy atom. The van der Waals surface area contributed by atoms with Gasteiger partial charge >= 0.3 is 0 Å². The molecule has 0 spiro atoms. The van der Waals surface area contributed by atoms with Crippen LogP contribution in [0.3, 0.4) is 0 Å². The predicted octanol–water partition coefficient (Wildman–Crippen LogP) is 2.39. The topological polar surface area (TPSA) is 38.9 Å². The Kier molecular flexibility index (Phi) is 2.66. The molecule has 1 heterocycles. The molecular weight excluding hydrogens is 196 g/mol. The van der Waals surface area contributed by atoms with E-state index in [9.17, 15) is 0 Å². The molecule has 0 bridgehead atoms. The summed E-state index contributed by atoms with van der Waals surface area (Å²) in [5.41, 5.74) is 6.67. The fraction of sp³-hybridized carbons (Fsp3) is 0.182. The first-order chi connectivity index (χ1) is 6.83. The van der Waals surface area contributed by atoms with Crippen molar-refractivity contribution in [3.05, 3.63) is 41.2 Å². The van der Waals surface area contributed by atoms with E-state index in [1.807, 2.05) is 24.4 Å². The molecule has 0 atom stereocenters. The molecule has 2 aromatic rings. The summed E-state index contributed by atoms with van der Waals surface area (Å²) in [5.74, 6) is 0. The maximum Gasteiger partial charge on any atom is 0.0444 e. The van der Waals surface area contributed by atoms with E-state index in [0.29, 0.717) is 6.54 Å². The van der Waals surface area contributed by atoms with Gasteiger partial charge in [-0.3, -0.25) is 4.98 Å². The molecule has 0 radical (unpaired) electrons. The van der Waals surface area contributed by atoms with Crippen molar-refractivity contribution in [3.8, 4) is 0 Å². The monoisotopic (exact) mass is 206 g/mol. The number of nitrogens with two attached hydrogens (primary N) is 1. The highest BCUT2D eigenvalue weighted by Gasteiger charge is 2.04. The molecule has 3 heteroatoms. The lowest BCUT2D eigenvalue weighted by Gasteiger charge is -2.06. The Morgan fingerprint density at radius 1 is 1.29 bits per heavy atom. The summed E-state index contributed by atoms with van der Waals surface area (Å²) in [4.78, 5) is 4.07. The van der Waals surface area contributed by atoms with Crippen LogP contribution < -0.4 is 5.73 Å². The van der Waals surface area contributed by atoms with E-state index in [4.69, 9.17) is 17.3 Å². The zero-order valence-electron chi connectivity index (χ0n) is 7.70. The molecule has 0 amide bonds. The summed E-state index contributed by atoms with van der Waals surface area (Å²) in [6.45, 7) is 0.612. The SMILES string of the molecule is NCCc1c(Cl)ccc2cnccc12. The molecule has 72 valence electrons. The minimum Gasteiger partial charge on any atom is -0.330 e. The van der Waals surface area contributed by atoms with Crippen molar-refractivity contribution in [3.63, 3.8) is 0 Å². The average Bonchev–Trinajstić information content (AvgIpc) is 2.23. The summed E-state index contributed by atoms with van der Waals surface area (Å²) in [6.07, 6.45) is 4.42. The van der Waals surface area contributed by atoms with Crippen LogP contribution in [0.15, 0.2) is 30.6 Å². The second-order valence-electron chi connectivity index (χ2n) is 3.16. The summed E-state index contributed by atoms with van der Waals surface area (Å²) >= 11 is 6.11. The Hall–Kier alpha value is -1.12. The molecule has 0 saturated carbocycles. The fourth-order valence-corrected chi connectivity index (χ4v) is 1.86. The van der Waals surface area contributed by atoms with Gasteiger partial charge in [-0.2, -0.15) is 0 Å². The minimum atomic E-state index is 0.612. The first-order valence-corrected chi connectivity index (χ1v) is 4.92. The molecule has 0 unspecified atom stereocenters. The maximum absolute atomic E-state index is 6.11. The quantitative estimate of drug-likeness (QED) is 0.820. The molecule has 0 fully saturated rings. The van der Waals surface area contributed by atoms with E-state index in [-0.39, 0.29) is 0 Å². The van der Waals surface area contributed by atoms with Crippen molar-refractivity contribution in [2.45, 2.75) is 6.42 Å². The Bertz CT molecular complexity index is 454. The van der Waals surface area contributed by atoms with Gasteiger partial charge in [0.25, 0.3) is 0 Å². The minimum absolute atomic E-state index is 0.612. The number of benzene rings is 1. The number of rotatable bonds is 2. The molecule has 0 aliphatic carbocycles. The van der Waals surface area contributed by atoms with Crippen LogP contribution in [-0.4, -0.2) is 11.5 Å². The van der Waals surface area contributed by atoms with Crippen LogP contribution in [-0.2, 0) is 6.42 Å². The lowest BCUT2D eigenvalue weighted by Crippen LogP contribution is -2.03. The molecule has 2 nitrogen and oxygen atoms in total. The molecule has 0 saturated heterocycles. The van der Waals surface area contributed by atoms with Gasteiger partial charge in [0.15, 0.2) is 0 Å². The summed E-state index contributed by atoms with van der Waals surface area (Å²) in [7, 11) is 0. The van der Waals surface area contributed by atoms with Crippen molar-refractivity contribution in [1.29, 1.82) is 0 Å². The number of hydrogen-bond acceptors (Lipinski definition) is 2. The molecule has 1 aromatic heterocycles. The van der Waals surface area contributed by atoms with E-state index in [2.05, 4.69) is 4.98 Å². The number of hydrogen-bond donors (Lipinski definition) is 1. The van der Waals surface area contributed by atoms with Crippen molar-refractivity contribution < 1.29 is 0 Å². The third-order valence-electron chi connectivity index (χ3n) is 2.27. The number of fused-ring (bicyclic) bond motifs is 1. The molecule has 14 heavy (non-hydrogen) atoms. The third kappa shape index (κ3) is 1.59. The van der Waals surface area contributed by atoms with E-state index in [1.165, 1.54) is 0 Å². The fourth-order valence-electron chi connectivity index (χ4n) is 1.60. The number of halogens is 1. The predicted molar refractivity (Wildman–Crippen MR) is 59.5 cm³/mol. The number of nitrogens with zero attached hydrogens (tertiary/aromatic N) is 1. The normalized spacial score (nSPS) is 10.7. The van der Waals surface area contributed by atoms with Crippen LogP contribution in [0.25, 0.3) is 10.8 Å². The average molecular weight is 207 g/mol. The van der Waals surface area contributed by atoms with E-state index < -0.39 is 0 Å². The third-order valence-corrected chi connectivity index (χ3v) is 2.62. The molecular formula is C11H11ClN2. The molecule has 0 aliphatic rings. The molecule has 0 aliphatic heterocycles.